The Morgan fingerprint density at radius 2 is 1.97 bits per heavy atom. The second kappa shape index (κ2) is 8.50. The molecule has 0 unspecified atom stereocenters. The van der Waals surface area contributed by atoms with E-state index in [1.165, 1.54) is 32.4 Å². The van der Waals surface area contributed by atoms with Gasteiger partial charge in [0.15, 0.2) is 5.65 Å². The molecule has 3 aromatic heterocycles. The fraction of sp³-hybridized carbons (Fsp3) is 0.182. The molecular weight excluding hydrogens is 415 g/mol. The molecule has 0 aliphatic carbocycles. The van der Waals surface area contributed by atoms with Crippen molar-refractivity contribution in [2.24, 2.45) is 0 Å². The van der Waals surface area contributed by atoms with Crippen LogP contribution >= 0.6 is 0 Å². The van der Waals surface area contributed by atoms with Crippen LogP contribution in [0.5, 0.6) is 11.6 Å². The van der Waals surface area contributed by atoms with E-state index >= 15 is 0 Å². The summed E-state index contributed by atoms with van der Waals surface area (Å²) in [6, 6.07) is 9.65. The molecule has 4 aromatic rings. The van der Waals surface area contributed by atoms with E-state index in [-0.39, 0.29) is 23.9 Å². The molecule has 10 heteroatoms. The third-order valence-electron chi connectivity index (χ3n) is 4.97. The number of amides is 1. The zero-order valence-electron chi connectivity index (χ0n) is 17.7. The lowest BCUT2D eigenvalue weighted by atomic mass is 10.0. The van der Waals surface area contributed by atoms with Gasteiger partial charge in [0.25, 0.3) is 5.91 Å². The maximum atomic E-state index is 14.1. The lowest BCUT2D eigenvalue weighted by Crippen LogP contribution is -2.24. The van der Waals surface area contributed by atoms with E-state index in [0.717, 1.165) is 5.56 Å². The summed E-state index contributed by atoms with van der Waals surface area (Å²) in [4.78, 5) is 21.5. The van der Waals surface area contributed by atoms with Gasteiger partial charge < -0.3 is 20.5 Å². The SMILES string of the molecule is COc1ccc(F)c(CNC(=O)c2cc(-c3ccn4nc(N)nc4c3)c(C)nc2OC)c1. The summed E-state index contributed by atoms with van der Waals surface area (Å²) in [5, 5.41) is 6.78. The Balaban J connectivity index is 1.66. The molecule has 0 saturated carbocycles. The predicted octanol–water partition coefficient (Wildman–Crippen LogP) is 2.77. The second-order valence-corrected chi connectivity index (χ2v) is 7.01. The first kappa shape index (κ1) is 21.0. The summed E-state index contributed by atoms with van der Waals surface area (Å²) in [6.45, 7) is 1.78. The van der Waals surface area contributed by atoms with Gasteiger partial charge >= 0.3 is 0 Å². The minimum atomic E-state index is -0.453. The largest absolute Gasteiger partial charge is 0.497 e. The first-order valence-corrected chi connectivity index (χ1v) is 9.68. The van der Waals surface area contributed by atoms with Crippen LogP contribution in [-0.4, -0.2) is 39.7 Å². The molecular formula is C22H21FN6O3. The van der Waals surface area contributed by atoms with Gasteiger partial charge in [0, 0.05) is 29.6 Å². The maximum absolute atomic E-state index is 14.1. The first-order chi connectivity index (χ1) is 15.4. The zero-order chi connectivity index (χ0) is 22.8. The second-order valence-electron chi connectivity index (χ2n) is 7.01. The Morgan fingerprint density at radius 3 is 2.72 bits per heavy atom. The fourth-order valence-corrected chi connectivity index (χ4v) is 3.34. The Bertz CT molecular complexity index is 1320. The number of fused-ring (bicyclic) bond motifs is 1. The van der Waals surface area contributed by atoms with Crippen LogP contribution in [-0.2, 0) is 6.54 Å². The van der Waals surface area contributed by atoms with Gasteiger partial charge in [-0.15, -0.1) is 5.10 Å². The molecule has 1 aromatic carbocycles. The summed E-state index contributed by atoms with van der Waals surface area (Å²) < 4.78 is 26.1. The number of ether oxygens (including phenoxy) is 2. The maximum Gasteiger partial charge on any atom is 0.257 e. The number of anilines is 1. The van der Waals surface area contributed by atoms with E-state index in [0.29, 0.717) is 28.2 Å². The third-order valence-corrected chi connectivity index (χ3v) is 4.97. The number of halogens is 1. The molecule has 0 fully saturated rings. The number of rotatable bonds is 6. The van der Waals surface area contributed by atoms with Crippen LogP contribution in [0.15, 0.2) is 42.6 Å². The molecule has 0 atom stereocenters. The van der Waals surface area contributed by atoms with Crippen molar-refractivity contribution >= 4 is 17.5 Å². The highest BCUT2D eigenvalue weighted by Gasteiger charge is 2.19. The van der Waals surface area contributed by atoms with Gasteiger partial charge in [-0.2, -0.15) is 4.98 Å². The number of benzene rings is 1. The average molecular weight is 436 g/mol. The van der Waals surface area contributed by atoms with Crippen LogP contribution in [0.4, 0.5) is 10.3 Å². The molecule has 164 valence electrons. The molecule has 0 spiro atoms. The van der Waals surface area contributed by atoms with Crippen molar-refractivity contribution < 1.29 is 18.7 Å². The molecule has 9 nitrogen and oxygen atoms in total. The van der Waals surface area contributed by atoms with Gasteiger partial charge in [0.2, 0.25) is 11.8 Å². The summed E-state index contributed by atoms with van der Waals surface area (Å²) in [5.41, 5.74) is 8.90. The van der Waals surface area contributed by atoms with Crippen LogP contribution in [0.25, 0.3) is 16.8 Å². The van der Waals surface area contributed by atoms with Crippen LogP contribution < -0.4 is 20.5 Å². The van der Waals surface area contributed by atoms with Crippen LogP contribution in [0, 0.1) is 12.7 Å². The highest BCUT2D eigenvalue weighted by molar-refractivity contribution is 5.97. The van der Waals surface area contributed by atoms with Gasteiger partial charge in [0.05, 0.1) is 14.2 Å². The number of nitrogens with zero attached hydrogens (tertiary/aromatic N) is 4. The Hall–Kier alpha value is -4.21. The van der Waals surface area contributed by atoms with E-state index in [1.807, 2.05) is 13.0 Å². The highest BCUT2D eigenvalue weighted by atomic mass is 19.1. The molecule has 0 saturated heterocycles. The van der Waals surface area contributed by atoms with Gasteiger partial charge in [-0.1, -0.05) is 0 Å². The average Bonchev–Trinajstić information content (AvgIpc) is 3.17. The van der Waals surface area contributed by atoms with Gasteiger partial charge in [-0.05, 0) is 48.9 Å². The predicted molar refractivity (Wildman–Crippen MR) is 116 cm³/mol. The monoisotopic (exact) mass is 436 g/mol. The summed E-state index contributed by atoms with van der Waals surface area (Å²) in [7, 11) is 2.93. The molecule has 0 aliphatic rings. The van der Waals surface area contributed by atoms with E-state index < -0.39 is 11.7 Å². The number of carbonyl (C=O) groups is 1. The number of nitrogens with one attached hydrogen (secondary N) is 1. The molecule has 3 N–H and O–H groups in total. The Morgan fingerprint density at radius 1 is 1.16 bits per heavy atom. The third kappa shape index (κ3) is 4.02. The van der Waals surface area contributed by atoms with Crippen LogP contribution in [0.2, 0.25) is 0 Å². The lowest BCUT2D eigenvalue weighted by Gasteiger charge is -2.13. The van der Waals surface area contributed by atoms with Crippen molar-refractivity contribution in [2.75, 3.05) is 20.0 Å². The minimum absolute atomic E-state index is 0.0286. The Kier molecular flexibility index (Phi) is 5.59. The minimum Gasteiger partial charge on any atom is -0.497 e. The number of hydrogen-bond acceptors (Lipinski definition) is 7. The molecule has 0 bridgehead atoms. The molecule has 0 aliphatic heterocycles. The number of aryl methyl sites for hydroxylation is 1. The quantitative estimate of drug-likeness (QED) is 0.477. The van der Waals surface area contributed by atoms with Crippen molar-refractivity contribution in [3.63, 3.8) is 0 Å². The van der Waals surface area contributed by atoms with Crippen molar-refractivity contribution in [2.45, 2.75) is 13.5 Å². The molecule has 32 heavy (non-hydrogen) atoms. The molecule has 3 heterocycles. The van der Waals surface area contributed by atoms with Crippen LogP contribution in [0.1, 0.15) is 21.6 Å². The first-order valence-electron chi connectivity index (χ1n) is 9.68. The van der Waals surface area contributed by atoms with Gasteiger partial charge in [-0.25, -0.2) is 13.9 Å². The van der Waals surface area contributed by atoms with E-state index in [9.17, 15) is 9.18 Å². The van der Waals surface area contributed by atoms with Crippen molar-refractivity contribution in [1.82, 2.24) is 24.9 Å². The van der Waals surface area contributed by atoms with Crippen molar-refractivity contribution in [1.29, 1.82) is 0 Å². The number of hydrogen-bond donors (Lipinski definition) is 2. The zero-order valence-corrected chi connectivity index (χ0v) is 17.7. The van der Waals surface area contributed by atoms with E-state index in [2.05, 4.69) is 20.4 Å². The topological polar surface area (TPSA) is 117 Å². The number of aromatic nitrogens is 4. The smallest absolute Gasteiger partial charge is 0.257 e. The number of nitrogen functional groups attached to an aromatic ring is 1. The Labute approximate surface area is 183 Å². The number of carbonyl (C=O) groups excluding carboxylic acids is 1. The lowest BCUT2D eigenvalue weighted by molar-refractivity contribution is 0.0946. The normalized spacial score (nSPS) is 10.9. The van der Waals surface area contributed by atoms with Crippen molar-refractivity contribution in [3.05, 3.63) is 65.2 Å². The molecule has 4 rings (SSSR count). The molecule has 1 amide bonds. The van der Waals surface area contributed by atoms with Gasteiger partial charge in [0.1, 0.15) is 17.1 Å². The summed E-state index contributed by atoms with van der Waals surface area (Å²) in [6.07, 6.45) is 1.73. The number of nitrogens with two attached hydrogens (primary N) is 1. The molecule has 0 radical (unpaired) electrons. The fourth-order valence-electron chi connectivity index (χ4n) is 3.34. The number of methoxy groups -OCH3 is 2. The van der Waals surface area contributed by atoms with Gasteiger partial charge in [-0.3, -0.25) is 4.79 Å². The highest BCUT2D eigenvalue weighted by Crippen LogP contribution is 2.29. The standard InChI is InChI=1S/C22H21FN6O3/c1-12-16(13-6-7-29-19(9-13)27-22(24)28-29)10-17(21(26-12)32-3)20(30)25-11-14-8-15(31-2)4-5-18(14)23/h4-10H,11H2,1-3H3,(H2,24,28)(H,25,30). The van der Waals surface area contributed by atoms with Crippen molar-refractivity contribution in [3.8, 4) is 22.8 Å². The van der Waals surface area contributed by atoms with Crippen LogP contribution in [0.3, 0.4) is 0 Å². The van der Waals surface area contributed by atoms with E-state index in [4.69, 9.17) is 15.2 Å². The van der Waals surface area contributed by atoms with E-state index in [1.54, 1.807) is 22.8 Å². The summed E-state index contributed by atoms with van der Waals surface area (Å²) in [5.74, 6) is -0.0662. The summed E-state index contributed by atoms with van der Waals surface area (Å²) >= 11 is 0. The number of pyridine rings is 2.